The largest absolute Gasteiger partial charge is 0.342 e. The normalized spacial score (nSPS) is 29.1. The summed E-state index contributed by atoms with van der Waals surface area (Å²) in [5, 5.41) is 0. The summed E-state index contributed by atoms with van der Waals surface area (Å²) in [6.07, 6.45) is 1.23. The Bertz CT molecular complexity index is 632. The molecule has 3 fully saturated rings. The Kier molecular flexibility index (Phi) is 7.31. The predicted octanol–water partition coefficient (Wildman–Crippen LogP) is 4.21. The van der Waals surface area contributed by atoms with Gasteiger partial charge in [0, 0.05) is 43.4 Å². The first kappa shape index (κ1) is 24.7. The summed E-state index contributed by atoms with van der Waals surface area (Å²) in [4.78, 5) is 17.3. The summed E-state index contributed by atoms with van der Waals surface area (Å²) in [6, 6.07) is 0. The van der Waals surface area contributed by atoms with Crippen LogP contribution in [0.1, 0.15) is 53.4 Å². The molecule has 1 unspecified atom stereocenters. The lowest BCUT2D eigenvalue weighted by Crippen LogP contribution is -2.61. The molecular weight excluding hydrogens is 410 g/mol. The fourth-order valence-corrected chi connectivity index (χ4v) is 5.64. The van der Waals surface area contributed by atoms with E-state index in [0.29, 0.717) is 51.5 Å². The van der Waals surface area contributed by atoms with Crippen molar-refractivity contribution in [3.63, 3.8) is 0 Å². The van der Waals surface area contributed by atoms with Crippen molar-refractivity contribution in [1.29, 1.82) is 0 Å². The molecule has 8 heteroatoms. The van der Waals surface area contributed by atoms with Gasteiger partial charge in [-0.15, -0.1) is 0 Å². The van der Waals surface area contributed by atoms with Crippen molar-refractivity contribution in [3.8, 4) is 0 Å². The average molecular weight is 450 g/mol. The lowest BCUT2D eigenvalue weighted by atomic mass is 9.68. The van der Waals surface area contributed by atoms with E-state index in [9.17, 15) is 13.6 Å². The Morgan fingerprint density at radius 2 is 1.52 bits per heavy atom. The van der Waals surface area contributed by atoms with Crippen LogP contribution in [0.15, 0.2) is 0 Å². The van der Waals surface area contributed by atoms with Gasteiger partial charge < -0.3 is 4.90 Å². The van der Waals surface area contributed by atoms with Crippen LogP contribution in [0.3, 0.4) is 0 Å². The third-order valence-corrected chi connectivity index (χ3v) is 7.56. The molecule has 1 spiro atoms. The molecular formula is C23H39F4N3O. The number of amides is 1. The fraction of sp³-hybridized carbons (Fsp3) is 0.957. The van der Waals surface area contributed by atoms with Crippen LogP contribution in [0.25, 0.3) is 0 Å². The van der Waals surface area contributed by atoms with Crippen molar-refractivity contribution < 1.29 is 22.4 Å². The number of nitrogens with zero attached hydrogens (tertiary/aromatic N) is 3. The Labute approximate surface area is 184 Å². The molecule has 0 aromatic carbocycles. The predicted molar refractivity (Wildman–Crippen MR) is 113 cm³/mol. The summed E-state index contributed by atoms with van der Waals surface area (Å²) in [5.41, 5.74) is -1.11. The molecule has 180 valence electrons. The van der Waals surface area contributed by atoms with Crippen LogP contribution >= 0.6 is 0 Å². The van der Waals surface area contributed by atoms with Crippen LogP contribution in [0.2, 0.25) is 0 Å². The van der Waals surface area contributed by atoms with Crippen LogP contribution in [-0.2, 0) is 4.79 Å². The number of carbonyl (C=O) groups is 1. The van der Waals surface area contributed by atoms with E-state index in [1.54, 1.807) is 14.7 Å². The maximum Gasteiger partial charge on any atom is 0.266 e. The summed E-state index contributed by atoms with van der Waals surface area (Å²) in [7, 11) is 0. The highest BCUT2D eigenvalue weighted by atomic mass is 19.3. The van der Waals surface area contributed by atoms with E-state index in [2.05, 4.69) is 0 Å². The summed E-state index contributed by atoms with van der Waals surface area (Å²) in [6.45, 7) is 9.37. The molecule has 31 heavy (non-hydrogen) atoms. The minimum atomic E-state index is -2.92. The highest BCUT2D eigenvalue weighted by molar-refractivity contribution is 5.78. The van der Waals surface area contributed by atoms with Gasteiger partial charge in [-0.1, -0.05) is 27.7 Å². The number of likely N-dealkylation sites (tertiary alicyclic amines) is 3. The monoisotopic (exact) mass is 449 g/mol. The van der Waals surface area contributed by atoms with Gasteiger partial charge in [-0.25, -0.2) is 17.6 Å². The first-order valence-electron chi connectivity index (χ1n) is 11.8. The second-order valence-corrected chi connectivity index (χ2v) is 10.8. The molecule has 3 aliphatic rings. The smallest absolute Gasteiger partial charge is 0.266 e. The summed E-state index contributed by atoms with van der Waals surface area (Å²) < 4.78 is 60.1. The Hall–Kier alpha value is -0.890. The van der Waals surface area contributed by atoms with Crippen molar-refractivity contribution in [2.24, 2.45) is 23.2 Å². The zero-order chi connectivity index (χ0) is 23.0. The summed E-state index contributed by atoms with van der Waals surface area (Å²) in [5.74, 6) is -6.43. The van der Waals surface area contributed by atoms with Gasteiger partial charge in [0.15, 0.2) is 0 Å². The quantitative estimate of drug-likeness (QED) is 0.589. The van der Waals surface area contributed by atoms with E-state index >= 15 is 8.78 Å². The third kappa shape index (κ3) is 5.37. The number of halogens is 4. The minimum Gasteiger partial charge on any atom is -0.342 e. The molecule has 0 aromatic heterocycles. The highest BCUT2D eigenvalue weighted by Gasteiger charge is 2.58. The Balaban J connectivity index is 1.57. The standard InChI is InChI=1S/C23H39F4N3O/c1-17(2)13-28-9-5-19(22(24,25)15-28)14-29-10-6-21(23(26,27)16-29)7-11-30(12-8-21)20(31)18(3)4/h17-19H,5-16H2,1-4H3. The van der Waals surface area contributed by atoms with Crippen molar-refractivity contribution >= 4 is 5.91 Å². The molecule has 3 saturated heterocycles. The number of piperidine rings is 3. The van der Waals surface area contributed by atoms with Gasteiger partial charge in [0.05, 0.1) is 13.1 Å². The zero-order valence-corrected chi connectivity index (χ0v) is 19.5. The molecule has 0 aliphatic carbocycles. The molecule has 3 rings (SSSR count). The van der Waals surface area contributed by atoms with Crippen LogP contribution in [-0.4, -0.2) is 84.8 Å². The van der Waals surface area contributed by atoms with Gasteiger partial charge in [-0.3, -0.25) is 14.6 Å². The van der Waals surface area contributed by atoms with Crippen LogP contribution < -0.4 is 0 Å². The minimum absolute atomic E-state index is 0.0154. The molecule has 0 N–H and O–H groups in total. The first-order chi connectivity index (χ1) is 14.4. The molecule has 1 atom stereocenters. The maximum absolute atomic E-state index is 15.3. The molecule has 0 bridgehead atoms. The summed E-state index contributed by atoms with van der Waals surface area (Å²) >= 11 is 0. The maximum atomic E-state index is 15.3. The second-order valence-electron chi connectivity index (χ2n) is 10.8. The lowest BCUT2D eigenvalue weighted by molar-refractivity contribution is -0.197. The van der Waals surface area contributed by atoms with Crippen molar-refractivity contribution in [2.45, 2.75) is 65.2 Å². The molecule has 4 nitrogen and oxygen atoms in total. The third-order valence-electron chi connectivity index (χ3n) is 7.56. The molecule has 0 saturated carbocycles. The van der Waals surface area contributed by atoms with Gasteiger partial charge in [-0.05, 0) is 44.7 Å². The van der Waals surface area contributed by atoms with Crippen LogP contribution in [0.4, 0.5) is 17.6 Å². The van der Waals surface area contributed by atoms with Crippen molar-refractivity contribution in [3.05, 3.63) is 0 Å². The van der Waals surface area contributed by atoms with Gasteiger partial charge in [0.25, 0.3) is 11.8 Å². The molecule has 0 radical (unpaired) electrons. The number of rotatable bonds is 5. The molecule has 0 aromatic rings. The second kappa shape index (κ2) is 9.16. The van der Waals surface area contributed by atoms with E-state index in [0.717, 1.165) is 0 Å². The number of carbonyl (C=O) groups excluding carboxylic acids is 1. The van der Waals surface area contributed by atoms with Gasteiger partial charge >= 0.3 is 0 Å². The lowest BCUT2D eigenvalue weighted by Gasteiger charge is -2.52. The average Bonchev–Trinajstić information content (AvgIpc) is 2.66. The molecule has 3 aliphatic heterocycles. The van der Waals surface area contributed by atoms with E-state index < -0.39 is 29.7 Å². The van der Waals surface area contributed by atoms with Gasteiger partial charge in [0.1, 0.15) is 0 Å². The number of alkyl halides is 4. The fourth-order valence-electron chi connectivity index (χ4n) is 5.64. The van der Waals surface area contributed by atoms with Crippen molar-refractivity contribution in [1.82, 2.24) is 14.7 Å². The first-order valence-corrected chi connectivity index (χ1v) is 11.8. The SMILES string of the molecule is CC(C)CN1CCC(CN2CCC3(CCN(C(=O)C(C)C)CC3)C(F)(F)C2)C(F)(F)C1. The molecule has 3 heterocycles. The number of hydrogen-bond donors (Lipinski definition) is 0. The van der Waals surface area contributed by atoms with Crippen molar-refractivity contribution in [2.75, 3.05) is 52.4 Å². The number of hydrogen-bond acceptors (Lipinski definition) is 3. The van der Waals surface area contributed by atoms with Gasteiger partial charge in [0.2, 0.25) is 5.91 Å². The van der Waals surface area contributed by atoms with Crippen LogP contribution in [0, 0.1) is 23.2 Å². The van der Waals surface area contributed by atoms with E-state index in [1.165, 1.54) is 0 Å². The molecule has 1 amide bonds. The Morgan fingerprint density at radius 3 is 2.03 bits per heavy atom. The Morgan fingerprint density at radius 1 is 0.903 bits per heavy atom. The van der Waals surface area contributed by atoms with E-state index in [4.69, 9.17) is 0 Å². The highest BCUT2D eigenvalue weighted by Crippen LogP contribution is 2.51. The van der Waals surface area contributed by atoms with Gasteiger partial charge in [-0.2, -0.15) is 0 Å². The topological polar surface area (TPSA) is 26.8 Å². The van der Waals surface area contributed by atoms with E-state index in [-0.39, 0.29) is 37.8 Å². The van der Waals surface area contributed by atoms with Crippen LogP contribution in [0.5, 0.6) is 0 Å². The zero-order valence-electron chi connectivity index (χ0n) is 19.5. The van der Waals surface area contributed by atoms with E-state index in [1.807, 2.05) is 27.7 Å².